The molecule has 0 saturated heterocycles. The lowest BCUT2D eigenvalue weighted by Gasteiger charge is -2.09. The van der Waals surface area contributed by atoms with Gasteiger partial charge in [-0.2, -0.15) is 13.2 Å². The average molecular weight is 324 g/mol. The predicted octanol–water partition coefficient (Wildman–Crippen LogP) is 4.19. The van der Waals surface area contributed by atoms with Crippen LogP contribution in [0.1, 0.15) is 0 Å². The fraction of sp³-hybridized carbons (Fsp3) is 0.167. The van der Waals surface area contributed by atoms with E-state index in [9.17, 15) is 13.2 Å². The molecule has 0 aliphatic heterocycles. The molecule has 0 unspecified atom stereocenters. The summed E-state index contributed by atoms with van der Waals surface area (Å²) in [6.45, 7) is -1.13. The number of halogens is 5. The Balaban J connectivity index is 0.00000200. The molecule has 1 heterocycles. The van der Waals surface area contributed by atoms with Crippen molar-refractivity contribution in [2.75, 3.05) is 11.9 Å². The van der Waals surface area contributed by atoms with Gasteiger partial charge in [-0.3, -0.25) is 0 Å². The van der Waals surface area contributed by atoms with Gasteiger partial charge < -0.3 is 5.32 Å². The average Bonchev–Trinajstić information content (AvgIpc) is 2.37. The zero-order chi connectivity index (χ0) is 13.9. The van der Waals surface area contributed by atoms with E-state index in [1.54, 1.807) is 24.3 Å². The smallest absolute Gasteiger partial charge is 0.361 e. The molecule has 0 fully saturated rings. The van der Waals surface area contributed by atoms with Gasteiger partial charge in [0, 0.05) is 16.7 Å². The highest BCUT2D eigenvalue weighted by Crippen LogP contribution is 2.21. The van der Waals surface area contributed by atoms with E-state index in [1.807, 2.05) is 0 Å². The number of nitrogens with one attached hydrogen (secondary N) is 1. The van der Waals surface area contributed by atoms with Crippen molar-refractivity contribution in [1.82, 2.24) is 9.97 Å². The standard InChI is InChI=1S/C12H9ClF3N3.ClH/c13-9-3-1-8(2-4-9)10-5-11(19-7-18-10)17-6-12(14,15)16;/h1-5,7H,6H2,(H,17,18,19);1H. The Morgan fingerprint density at radius 2 is 1.75 bits per heavy atom. The minimum Gasteiger partial charge on any atom is -0.361 e. The summed E-state index contributed by atoms with van der Waals surface area (Å²) >= 11 is 5.76. The highest BCUT2D eigenvalue weighted by Gasteiger charge is 2.26. The van der Waals surface area contributed by atoms with Crippen LogP contribution in [-0.4, -0.2) is 22.7 Å². The molecule has 0 spiro atoms. The van der Waals surface area contributed by atoms with Gasteiger partial charge >= 0.3 is 6.18 Å². The third-order valence-electron chi connectivity index (χ3n) is 2.28. The molecule has 1 N–H and O–H groups in total. The molecule has 108 valence electrons. The summed E-state index contributed by atoms with van der Waals surface area (Å²) in [5, 5.41) is 2.78. The van der Waals surface area contributed by atoms with Gasteiger partial charge in [0.25, 0.3) is 0 Å². The molecular formula is C12H10Cl2F3N3. The number of rotatable bonds is 3. The van der Waals surface area contributed by atoms with Crippen LogP contribution in [0.4, 0.5) is 19.0 Å². The Morgan fingerprint density at radius 1 is 1.10 bits per heavy atom. The first-order valence-electron chi connectivity index (χ1n) is 5.33. The minimum absolute atomic E-state index is 0. The van der Waals surface area contributed by atoms with Gasteiger partial charge in [0.05, 0.1) is 5.69 Å². The fourth-order valence-corrected chi connectivity index (χ4v) is 1.55. The van der Waals surface area contributed by atoms with Crippen molar-refractivity contribution in [1.29, 1.82) is 0 Å². The summed E-state index contributed by atoms with van der Waals surface area (Å²) in [6.07, 6.45) is -3.08. The number of hydrogen-bond donors (Lipinski definition) is 1. The second kappa shape index (κ2) is 6.76. The van der Waals surface area contributed by atoms with Gasteiger partial charge in [-0.25, -0.2) is 9.97 Å². The molecular weight excluding hydrogens is 314 g/mol. The summed E-state index contributed by atoms with van der Waals surface area (Å²) in [4.78, 5) is 7.75. The first-order valence-corrected chi connectivity index (χ1v) is 5.70. The van der Waals surface area contributed by atoms with Crippen molar-refractivity contribution in [3.05, 3.63) is 41.7 Å². The number of benzene rings is 1. The van der Waals surface area contributed by atoms with Crippen molar-refractivity contribution in [2.24, 2.45) is 0 Å². The molecule has 0 aliphatic rings. The van der Waals surface area contributed by atoms with Gasteiger partial charge in [-0.15, -0.1) is 12.4 Å². The molecule has 0 bridgehead atoms. The Hall–Kier alpha value is -1.53. The number of alkyl halides is 3. The molecule has 1 aromatic carbocycles. The van der Waals surface area contributed by atoms with Crippen molar-refractivity contribution in [3.63, 3.8) is 0 Å². The minimum atomic E-state index is -4.29. The maximum absolute atomic E-state index is 12.1. The second-order valence-corrected chi connectivity index (χ2v) is 4.20. The van der Waals surface area contributed by atoms with Crippen LogP contribution < -0.4 is 5.32 Å². The van der Waals surface area contributed by atoms with E-state index < -0.39 is 12.7 Å². The summed E-state index contributed by atoms with van der Waals surface area (Å²) in [5.41, 5.74) is 1.28. The van der Waals surface area contributed by atoms with E-state index in [-0.39, 0.29) is 18.2 Å². The summed E-state index contributed by atoms with van der Waals surface area (Å²) in [7, 11) is 0. The first-order chi connectivity index (χ1) is 8.94. The Morgan fingerprint density at radius 3 is 2.35 bits per heavy atom. The number of aromatic nitrogens is 2. The number of hydrogen-bond acceptors (Lipinski definition) is 3. The topological polar surface area (TPSA) is 37.8 Å². The lowest BCUT2D eigenvalue weighted by Crippen LogP contribution is -2.21. The molecule has 20 heavy (non-hydrogen) atoms. The third-order valence-corrected chi connectivity index (χ3v) is 2.53. The van der Waals surface area contributed by atoms with Gasteiger partial charge in [-0.05, 0) is 12.1 Å². The van der Waals surface area contributed by atoms with Gasteiger partial charge in [0.1, 0.15) is 18.7 Å². The number of nitrogens with zero attached hydrogens (tertiary/aromatic N) is 2. The highest BCUT2D eigenvalue weighted by molar-refractivity contribution is 6.30. The highest BCUT2D eigenvalue weighted by atomic mass is 35.5. The van der Waals surface area contributed by atoms with Crippen LogP contribution in [0.15, 0.2) is 36.7 Å². The molecule has 2 aromatic rings. The molecule has 3 nitrogen and oxygen atoms in total. The van der Waals surface area contributed by atoms with E-state index >= 15 is 0 Å². The summed E-state index contributed by atoms with van der Waals surface area (Å²) < 4.78 is 36.3. The van der Waals surface area contributed by atoms with Crippen LogP contribution >= 0.6 is 24.0 Å². The van der Waals surface area contributed by atoms with Gasteiger partial charge in [0.2, 0.25) is 0 Å². The third kappa shape index (κ3) is 4.86. The van der Waals surface area contributed by atoms with Crippen LogP contribution in [0, 0.1) is 0 Å². The van der Waals surface area contributed by atoms with E-state index in [2.05, 4.69) is 15.3 Å². The molecule has 0 atom stereocenters. The Labute approximate surface area is 124 Å². The van der Waals surface area contributed by atoms with E-state index in [1.165, 1.54) is 12.4 Å². The zero-order valence-corrected chi connectivity index (χ0v) is 11.6. The van der Waals surface area contributed by atoms with E-state index in [0.29, 0.717) is 10.7 Å². The molecule has 0 radical (unpaired) electrons. The Bertz CT molecular complexity index is 559. The molecule has 8 heteroatoms. The molecule has 0 saturated carbocycles. The van der Waals surface area contributed by atoms with Crippen molar-refractivity contribution < 1.29 is 13.2 Å². The maximum atomic E-state index is 12.1. The quantitative estimate of drug-likeness (QED) is 0.920. The molecule has 0 amide bonds. The number of anilines is 1. The lowest BCUT2D eigenvalue weighted by molar-refractivity contribution is -0.115. The van der Waals surface area contributed by atoms with Crippen LogP contribution in [0.2, 0.25) is 5.02 Å². The fourth-order valence-electron chi connectivity index (χ4n) is 1.42. The van der Waals surface area contributed by atoms with E-state index in [4.69, 9.17) is 11.6 Å². The largest absolute Gasteiger partial charge is 0.405 e. The van der Waals surface area contributed by atoms with Crippen LogP contribution in [0.3, 0.4) is 0 Å². The Kier molecular flexibility index (Phi) is 5.59. The van der Waals surface area contributed by atoms with Crippen molar-refractivity contribution >= 4 is 29.8 Å². The molecule has 2 rings (SSSR count). The normalized spacial score (nSPS) is 10.8. The van der Waals surface area contributed by atoms with Gasteiger partial charge in [-0.1, -0.05) is 23.7 Å². The molecule has 1 aromatic heterocycles. The monoisotopic (exact) mass is 323 g/mol. The van der Waals surface area contributed by atoms with Crippen LogP contribution in [-0.2, 0) is 0 Å². The van der Waals surface area contributed by atoms with Crippen molar-refractivity contribution in [2.45, 2.75) is 6.18 Å². The van der Waals surface area contributed by atoms with Gasteiger partial charge in [0.15, 0.2) is 0 Å². The first kappa shape index (κ1) is 16.5. The SMILES string of the molecule is Cl.FC(F)(F)CNc1cc(-c2ccc(Cl)cc2)ncn1. The summed E-state index contributed by atoms with van der Waals surface area (Å²) in [5.74, 6) is 0.122. The summed E-state index contributed by atoms with van der Waals surface area (Å²) in [6, 6.07) is 8.29. The van der Waals surface area contributed by atoms with E-state index in [0.717, 1.165) is 5.56 Å². The second-order valence-electron chi connectivity index (χ2n) is 3.76. The van der Waals surface area contributed by atoms with Crippen LogP contribution in [0.5, 0.6) is 0 Å². The zero-order valence-electron chi connectivity index (χ0n) is 9.99. The molecule has 0 aliphatic carbocycles. The van der Waals surface area contributed by atoms with Crippen molar-refractivity contribution in [3.8, 4) is 11.3 Å². The lowest BCUT2D eigenvalue weighted by atomic mass is 10.1. The van der Waals surface area contributed by atoms with Crippen LogP contribution in [0.25, 0.3) is 11.3 Å². The maximum Gasteiger partial charge on any atom is 0.405 e. The predicted molar refractivity (Wildman–Crippen MR) is 74.3 cm³/mol.